The lowest BCUT2D eigenvalue weighted by molar-refractivity contribution is -0.159. The van der Waals surface area contributed by atoms with E-state index in [2.05, 4.69) is 5.32 Å². The summed E-state index contributed by atoms with van der Waals surface area (Å²) in [5, 5.41) is 3.05. The lowest BCUT2D eigenvalue weighted by Gasteiger charge is -2.49. The zero-order chi connectivity index (χ0) is 15.0. The van der Waals surface area contributed by atoms with Crippen LogP contribution in [-0.4, -0.2) is 47.6 Å². The predicted octanol–water partition coefficient (Wildman–Crippen LogP) is 1.60. The van der Waals surface area contributed by atoms with E-state index in [9.17, 15) is 9.59 Å². The number of hydrogen-bond acceptors (Lipinski definition) is 3. The van der Waals surface area contributed by atoms with Crippen LogP contribution in [0.15, 0.2) is 0 Å². The highest BCUT2D eigenvalue weighted by molar-refractivity contribution is 5.99. The Labute approximate surface area is 126 Å². The third-order valence-corrected chi connectivity index (χ3v) is 5.59. The molecule has 3 aliphatic rings. The normalized spacial score (nSPS) is 36.1. The monoisotopic (exact) mass is 294 g/mol. The van der Waals surface area contributed by atoms with Crippen LogP contribution < -0.4 is 5.32 Å². The standard InChI is InChI=1S/C16H26N2O3/c1-11-14(19)17-16(8-4-3-5-9-16)15(20)18(11)12-6-7-13(10-12)21-2/h11-13H,3-10H2,1-2H3,(H,17,19). The van der Waals surface area contributed by atoms with Crippen LogP contribution in [0.2, 0.25) is 0 Å². The van der Waals surface area contributed by atoms with Crippen LogP contribution in [0.4, 0.5) is 0 Å². The largest absolute Gasteiger partial charge is 0.381 e. The Hall–Kier alpha value is -1.10. The molecule has 3 fully saturated rings. The van der Waals surface area contributed by atoms with Crippen molar-refractivity contribution in [3.8, 4) is 0 Å². The van der Waals surface area contributed by atoms with Gasteiger partial charge in [-0.2, -0.15) is 0 Å². The lowest BCUT2D eigenvalue weighted by Crippen LogP contribution is -2.71. The first kappa shape index (κ1) is 14.8. The van der Waals surface area contributed by atoms with Gasteiger partial charge < -0.3 is 15.0 Å². The van der Waals surface area contributed by atoms with E-state index in [1.165, 1.54) is 0 Å². The maximum Gasteiger partial charge on any atom is 0.249 e. The molecule has 1 spiro atoms. The molecule has 0 aromatic heterocycles. The molecule has 118 valence electrons. The van der Waals surface area contributed by atoms with Crippen molar-refractivity contribution in [2.45, 2.75) is 82.0 Å². The quantitative estimate of drug-likeness (QED) is 0.841. The number of ether oxygens (including phenoxy) is 1. The van der Waals surface area contributed by atoms with Gasteiger partial charge in [0.2, 0.25) is 11.8 Å². The van der Waals surface area contributed by atoms with Gasteiger partial charge in [-0.25, -0.2) is 0 Å². The minimum atomic E-state index is -0.618. The van der Waals surface area contributed by atoms with E-state index < -0.39 is 5.54 Å². The second-order valence-corrected chi connectivity index (χ2v) is 6.85. The zero-order valence-corrected chi connectivity index (χ0v) is 13.1. The molecule has 2 saturated carbocycles. The summed E-state index contributed by atoms with van der Waals surface area (Å²) in [6.07, 6.45) is 7.81. The highest BCUT2D eigenvalue weighted by Crippen LogP contribution is 2.37. The van der Waals surface area contributed by atoms with Crippen LogP contribution >= 0.6 is 0 Å². The van der Waals surface area contributed by atoms with Gasteiger partial charge in [0.05, 0.1) is 6.10 Å². The molecule has 0 aromatic carbocycles. The van der Waals surface area contributed by atoms with Gasteiger partial charge in [0.25, 0.3) is 0 Å². The van der Waals surface area contributed by atoms with E-state index in [-0.39, 0.29) is 30.0 Å². The Balaban J connectivity index is 1.83. The first-order chi connectivity index (χ1) is 10.1. The summed E-state index contributed by atoms with van der Waals surface area (Å²) < 4.78 is 5.43. The molecule has 1 heterocycles. The van der Waals surface area contributed by atoms with E-state index in [0.717, 1.165) is 51.4 Å². The molecule has 3 atom stereocenters. The molecular weight excluding hydrogens is 268 g/mol. The van der Waals surface area contributed by atoms with E-state index in [4.69, 9.17) is 4.74 Å². The summed E-state index contributed by atoms with van der Waals surface area (Å²) in [5.41, 5.74) is -0.618. The molecule has 1 aliphatic heterocycles. The van der Waals surface area contributed by atoms with Crippen LogP contribution in [0.25, 0.3) is 0 Å². The maximum atomic E-state index is 13.1. The van der Waals surface area contributed by atoms with Gasteiger partial charge in [0.15, 0.2) is 0 Å². The molecular formula is C16H26N2O3. The number of methoxy groups -OCH3 is 1. The Morgan fingerprint density at radius 2 is 1.90 bits per heavy atom. The number of hydrogen-bond donors (Lipinski definition) is 1. The second-order valence-electron chi connectivity index (χ2n) is 6.85. The predicted molar refractivity (Wildman–Crippen MR) is 78.7 cm³/mol. The number of nitrogens with one attached hydrogen (secondary N) is 1. The van der Waals surface area contributed by atoms with Crippen molar-refractivity contribution >= 4 is 11.8 Å². The highest BCUT2D eigenvalue weighted by Gasteiger charge is 2.52. The fourth-order valence-corrected chi connectivity index (χ4v) is 4.30. The van der Waals surface area contributed by atoms with Gasteiger partial charge in [-0.05, 0) is 39.0 Å². The molecule has 1 saturated heterocycles. The number of carbonyl (C=O) groups excluding carboxylic acids is 2. The van der Waals surface area contributed by atoms with Crippen molar-refractivity contribution in [1.82, 2.24) is 10.2 Å². The highest BCUT2D eigenvalue weighted by atomic mass is 16.5. The first-order valence-corrected chi connectivity index (χ1v) is 8.25. The van der Waals surface area contributed by atoms with Crippen molar-refractivity contribution in [3.05, 3.63) is 0 Å². The molecule has 3 unspecified atom stereocenters. The summed E-state index contributed by atoms with van der Waals surface area (Å²) in [6.45, 7) is 1.85. The van der Waals surface area contributed by atoms with E-state index in [1.54, 1.807) is 7.11 Å². The molecule has 0 radical (unpaired) electrons. The summed E-state index contributed by atoms with van der Waals surface area (Å²) in [5.74, 6) is 0.161. The molecule has 0 aromatic rings. The SMILES string of the molecule is COC1CCC(N2C(=O)C3(CCCCC3)NC(=O)C2C)C1. The Morgan fingerprint density at radius 1 is 1.19 bits per heavy atom. The third-order valence-electron chi connectivity index (χ3n) is 5.59. The Morgan fingerprint density at radius 3 is 2.52 bits per heavy atom. The molecule has 3 rings (SSSR count). The smallest absolute Gasteiger partial charge is 0.249 e. The molecule has 0 bridgehead atoms. The number of rotatable bonds is 2. The molecule has 2 aliphatic carbocycles. The van der Waals surface area contributed by atoms with Crippen LogP contribution in [0.3, 0.4) is 0 Å². The number of piperazine rings is 1. The molecule has 5 nitrogen and oxygen atoms in total. The van der Waals surface area contributed by atoms with Crippen molar-refractivity contribution in [2.75, 3.05) is 7.11 Å². The second kappa shape index (κ2) is 5.59. The molecule has 1 N–H and O–H groups in total. The third kappa shape index (κ3) is 2.45. The fraction of sp³-hybridized carbons (Fsp3) is 0.875. The fourth-order valence-electron chi connectivity index (χ4n) is 4.30. The van der Waals surface area contributed by atoms with Gasteiger partial charge in [-0.1, -0.05) is 19.3 Å². The van der Waals surface area contributed by atoms with Crippen molar-refractivity contribution in [1.29, 1.82) is 0 Å². The maximum absolute atomic E-state index is 13.1. The van der Waals surface area contributed by atoms with Crippen LogP contribution in [-0.2, 0) is 14.3 Å². The minimum absolute atomic E-state index is 0.0115. The summed E-state index contributed by atoms with van der Waals surface area (Å²) >= 11 is 0. The summed E-state index contributed by atoms with van der Waals surface area (Å²) in [6, 6.07) is -0.201. The van der Waals surface area contributed by atoms with E-state index >= 15 is 0 Å². The Kier molecular flexibility index (Phi) is 3.95. The van der Waals surface area contributed by atoms with Crippen LogP contribution in [0.1, 0.15) is 58.3 Å². The van der Waals surface area contributed by atoms with Gasteiger partial charge in [-0.15, -0.1) is 0 Å². The van der Waals surface area contributed by atoms with E-state index in [0.29, 0.717) is 0 Å². The van der Waals surface area contributed by atoms with Crippen molar-refractivity contribution in [2.24, 2.45) is 0 Å². The summed E-state index contributed by atoms with van der Waals surface area (Å²) in [4.78, 5) is 27.4. The first-order valence-electron chi connectivity index (χ1n) is 8.25. The molecule has 2 amide bonds. The average molecular weight is 294 g/mol. The van der Waals surface area contributed by atoms with Gasteiger partial charge in [0, 0.05) is 13.2 Å². The van der Waals surface area contributed by atoms with Gasteiger partial charge >= 0.3 is 0 Å². The lowest BCUT2D eigenvalue weighted by atomic mass is 9.78. The van der Waals surface area contributed by atoms with Crippen LogP contribution in [0.5, 0.6) is 0 Å². The summed E-state index contributed by atoms with van der Waals surface area (Å²) in [7, 11) is 1.73. The Bertz CT molecular complexity index is 431. The number of amides is 2. The number of carbonyl (C=O) groups is 2. The van der Waals surface area contributed by atoms with Crippen molar-refractivity contribution < 1.29 is 14.3 Å². The average Bonchev–Trinajstić information content (AvgIpc) is 2.95. The zero-order valence-electron chi connectivity index (χ0n) is 13.1. The molecule has 5 heteroatoms. The minimum Gasteiger partial charge on any atom is -0.381 e. The van der Waals surface area contributed by atoms with Crippen LogP contribution in [0, 0.1) is 0 Å². The van der Waals surface area contributed by atoms with Gasteiger partial charge in [-0.3, -0.25) is 9.59 Å². The molecule has 21 heavy (non-hydrogen) atoms. The number of nitrogens with zero attached hydrogens (tertiary/aromatic N) is 1. The van der Waals surface area contributed by atoms with Gasteiger partial charge in [0.1, 0.15) is 11.6 Å². The van der Waals surface area contributed by atoms with Crippen molar-refractivity contribution in [3.63, 3.8) is 0 Å². The topological polar surface area (TPSA) is 58.6 Å². The van der Waals surface area contributed by atoms with E-state index in [1.807, 2.05) is 11.8 Å².